The summed E-state index contributed by atoms with van der Waals surface area (Å²) in [6.45, 7) is 7.02. The third-order valence-corrected chi connectivity index (χ3v) is 3.79. The van der Waals surface area contributed by atoms with Gasteiger partial charge < -0.3 is 19.6 Å². The van der Waals surface area contributed by atoms with Gasteiger partial charge in [-0.1, -0.05) is 0 Å². The monoisotopic (exact) mass is 286 g/mol. The largest absolute Gasteiger partial charge is 0.481 e. The Hall–Kier alpha value is -1.30. The van der Waals surface area contributed by atoms with Gasteiger partial charge in [-0.05, 0) is 33.6 Å². The van der Waals surface area contributed by atoms with Gasteiger partial charge in [-0.3, -0.25) is 4.79 Å². The molecule has 6 heteroatoms. The molecule has 1 aliphatic heterocycles. The Kier molecular flexibility index (Phi) is 6.26. The minimum atomic E-state index is -0.827. The van der Waals surface area contributed by atoms with E-state index in [1.807, 2.05) is 20.8 Å². The molecule has 0 spiro atoms. The smallest absolute Gasteiger partial charge is 0.320 e. The summed E-state index contributed by atoms with van der Waals surface area (Å²) in [5.74, 6) is -0.827. The van der Waals surface area contributed by atoms with Gasteiger partial charge in [-0.25, -0.2) is 4.79 Å². The van der Waals surface area contributed by atoms with Crippen LogP contribution < -0.4 is 0 Å². The van der Waals surface area contributed by atoms with Gasteiger partial charge in [0, 0.05) is 32.7 Å². The van der Waals surface area contributed by atoms with E-state index in [2.05, 4.69) is 0 Å². The second kappa shape index (κ2) is 7.47. The fraction of sp³-hybridized carbons (Fsp3) is 0.857. The van der Waals surface area contributed by atoms with Crippen molar-refractivity contribution in [2.75, 3.05) is 20.2 Å². The Morgan fingerprint density at radius 3 is 2.50 bits per heavy atom. The van der Waals surface area contributed by atoms with E-state index in [1.54, 1.807) is 16.8 Å². The number of hydrogen-bond donors (Lipinski definition) is 1. The predicted octanol–water partition coefficient (Wildman–Crippen LogP) is 1.79. The van der Waals surface area contributed by atoms with E-state index in [-0.39, 0.29) is 30.6 Å². The Bertz CT molecular complexity index is 346. The van der Waals surface area contributed by atoms with Crippen molar-refractivity contribution in [3.05, 3.63) is 0 Å². The van der Waals surface area contributed by atoms with Gasteiger partial charge in [0.05, 0.1) is 12.1 Å². The normalized spacial score (nSPS) is 22.1. The fourth-order valence-corrected chi connectivity index (χ4v) is 2.55. The molecule has 0 aliphatic carbocycles. The maximum atomic E-state index is 12.5. The molecule has 1 aliphatic rings. The van der Waals surface area contributed by atoms with Crippen LogP contribution >= 0.6 is 0 Å². The molecular formula is C14H26N2O4. The third kappa shape index (κ3) is 4.37. The zero-order valence-electron chi connectivity index (χ0n) is 12.8. The Balaban J connectivity index is 2.60. The van der Waals surface area contributed by atoms with E-state index >= 15 is 0 Å². The fourth-order valence-electron chi connectivity index (χ4n) is 2.55. The molecule has 6 nitrogen and oxygen atoms in total. The maximum absolute atomic E-state index is 12.5. The summed E-state index contributed by atoms with van der Waals surface area (Å²) in [6.07, 6.45) is 1.47. The van der Waals surface area contributed by atoms with Crippen molar-refractivity contribution in [3.8, 4) is 0 Å². The molecule has 2 unspecified atom stereocenters. The molecule has 1 N–H and O–H groups in total. The van der Waals surface area contributed by atoms with Crippen LogP contribution in [0.1, 0.15) is 40.0 Å². The van der Waals surface area contributed by atoms with Gasteiger partial charge >= 0.3 is 12.0 Å². The summed E-state index contributed by atoms with van der Waals surface area (Å²) < 4.78 is 5.50. The zero-order valence-corrected chi connectivity index (χ0v) is 12.8. The Morgan fingerprint density at radius 1 is 1.40 bits per heavy atom. The van der Waals surface area contributed by atoms with Gasteiger partial charge in [0.1, 0.15) is 0 Å². The van der Waals surface area contributed by atoms with E-state index in [0.717, 1.165) is 6.42 Å². The number of hydrogen-bond acceptors (Lipinski definition) is 3. The standard InChI is InChI=1S/C14H26N2O4/c1-10(2)16(8-5-6-13(17)18)14(19)15(4)12-7-9-20-11(12)3/h10-12H,5-9H2,1-4H3,(H,17,18). The van der Waals surface area contributed by atoms with Crippen LogP contribution in [0.5, 0.6) is 0 Å². The first-order chi connectivity index (χ1) is 9.34. The zero-order chi connectivity index (χ0) is 15.3. The van der Waals surface area contributed by atoms with Crippen LogP contribution in [-0.4, -0.2) is 65.3 Å². The molecule has 2 amide bonds. The number of carboxylic acids is 1. The van der Waals surface area contributed by atoms with Gasteiger partial charge in [0.2, 0.25) is 0 Å². The average Bonchev–Trinajstić information content (AvgIpc) is 2.78. The summed E-state index contributed by atoms with van der Waals surface area (Å²) in [7, 11) is 1.80. The van der Waals surface area contributed by atoms with E-state index in [1.165, 1.54) is 0 Å². The van der Waals surface area contributed by atoms with Crippen LogP contribution in [0.15, 0.2) is 0 Å². The van der Waals surface area contributed by atoms with Crippen molar-refractivity contribution in [1.29, 1.82) is 0 Å². The lowest BCUT2D eigenvalue weighted by Crippen LogP contribution is -2.50. The quantitative estimate of drug-likeness (QED) is 0.808. The Morgan fingerprint density at radius 2 is 2.05 bits per heavy atom. The van der Waals surface area contributed by atoms with E-state index in [9.17, 15) is 9.59 Å². The number of urea groups is 1. The van der Waals surface area contributed by atoms with E-state index < -0.39 is 5.97 Å². The van der Waals surface area contributed by atoms with E-state index in [0.29, 0.717) is 19.6 Å². The number of likely N-dealkylation sites (N-methyl/N-ethyl adjacent to an activating group) is 1. The number of aliphatic carboxylic acids is 1. The van der Waals surface area contributed by atoms with Crippen molar-refractivity contribution < 1.29 is 19.4 Å². The average molecular weight is 286 g/mol. The number of ether oxygens (including phenoxy) is 1. The highest BCUT2D eigenvalue weighted by Crippen LogP contribution is 2.20. The lowest BCUT2D eigenvalue weighted by molar-refractivity contribution is -0.137. The second-order valence-electron chi connectivity index (χ2n) is 5.61. The van der Waals surface area contributed by atoms with Crippen LogP contribution in [0.3, 0.4) is 0 Å². The molecule has 116 valence electrons. The van der Waals surface area contributed by atoms with Crippen molar-refractivity contribution in [2.24, 2.45) is 0 Å². The molecular weight excluding hydrogens is 260 g/mol. The number of carbonyl (C=O) groups excluding carboxylic acids is 1. The summed E-state index contributed by atoms with van der Waals surface area (Å²) in [5.41, 5.74) is 0. The van der Waals surface area contributed by atoms with Gasteiger partial charge in [-0.15, -0.1) is 0 Å². The number of rotatable bonds is 6. The summed E-state index contributed by atoms with van der Waals surface area (Å²) in [6, 6.07) is 0.104. The van der Waals surface area contributed by atoms with Gasteiger partial charge in [-0.2, -0.15) is 0 Å². The summed E-state index contributed by atoms with van der Waals surface area (Å²) in [4.78, 5) is 26.6. The van der Waals surface area contributed by atoms with Gasteiger partial charge in [0.25, 0.3) is 0 Å². The molecule has 0 radical (unpaired) electrons. The van der Waals surface area contributed by atoms with Gasteiger partial charge in [0.15, 0.2) is 0 Å². The minimum absolute atomic E-state index is 0.0484. The van der Waals surface area contributed by atoms with Crippen molar-refractivity contribution in [2.45, 2.75) is 58.2 Å². The first kappa shape index (κ1) is 16.8. The molecule has 2 atom stereocenters. The lowest BCUT2D eigenvalue weighted by atomic mass is 10.1. The minimum Gasteiger partial charge on any atom is -0.481 e. The second-order valence-corrected chi connectivity index (χ2v) is 5.61. The molecule has 0 bridgehead atoms. The van der Waals surface area contributed by atoms with Crippen molar-refractivity contribution in [1.82, 2.24) is 9.80 Å². The number of nitrogens with zero attached hydrogens (tertiary/aromatic N) is 2. The van der Waals surface area contributed by atoms with Crippen LogP contribution in [0.2, 0.25) is 0 Å². The third-order valence-electron chi connectivity index (χ3n) is 3.79. The first-order valence-corrected chi connectivity index (χ1v) is 7.21. The molecule has 0 aromatic rings. The maximum Gasteiger partial charge on any atom is 0.320 e. The molecule has 0 aromatic heterocycles. The van der Waals surface area contributed by atoms with E-state index in [4.69, 9.17) is 9.84 Å². The highest BCUT2D eigenvalue weighted by atomic mass is 16.5. The topological polar surface area (TPSA) is 70.1 Å². The lowest BCUT2D eigenvalue weighted by Gasteiger charge is -2.35. The summed E-state index contributed by atoms with van der Waals surface area (Å²) >= 11 is 0. The molecule has 0 saturated carbocycles. The molecule has 1 saturated heterocycles. The number of carboxylic acid groups (broad SMARTS) is 1. The van der Waals surface area contributed by atoms with Crippen LogP contribution in [-0.2, 0) is 9.53 Å². The molecule has 1 heterocycles. The van der Waals surface area contributed by atoms with Crippen LogP contribution in [0.4, 0.5) is 4.79 Å². The first-order valence-electron chi connectivity index (χ1n) is 7.21. The highest BCUT2D eigenvalue weighted by molar-refractivity contribution is 5.75. The van der Waals surface area contributed by atoms with Crippen LogP contribution in [0.25, 0.3) is 0 Å². The molecule has 0 aromatic carbocycles. The Labute approximate surface area is 120 Å². The SMILES string of the molecule is CC1OCCC1N(C)C(=O)N(CCCC(=O)O)C(C)C. The summed E-state index contributed by atoms with van der Waals surface area (Å²) in [5, 5.41) is 8.69. The van der Waals surface area contributed by atoms with Crippen LogP contribution in [0, 0.1) is 0 Å². The predicted molar refractivity (Wildman–Crippen MR) is 75.7 cm³/mol. The number of carbonyl (C=O) groups is 2. The molecule has 1 fully saturated rings. The molecule has 1 rings (SSSR count). The highest BCUT2D eigenvalue weighted by Gasteiger charge is 2.33. The molecule has 20 heavy (non-hydrogen) atoms. The van der Waals surface area contributed by atoms with Crippen molar-refractivity contribution in [3.63, 3.8) is 0 Å². The number of amides is 2. The van der Waals surface area contributed by atoms with Crippen molar-refractivity contribution >= 4 is 12.0 Å².